The predicted molar refractivity (Wildman–Crippen MR) is 30.3 cm³/mol. The minimum absolute atomic E-state index is 0.417. The van der Waals surface area contributed by atoms with Crippen molar-refractivity contribution < 1.29 is 5.11 Å². The molecule has 0 rings (SSSR count). The van der Waals surface area contributed by atoms with E-state index in [4.69, 9.17) is 5.11 Å². The van der Waals surface area contributed by atoms with Gasteiger partial charge in [0.25, 0.3) is 0 Å². The molecule has 0 bridgehead atoms. The van der Waals surface area contributed by atoms with Crippen molar-refractivity contribution >= 4 is 0 Å². The van der Waals surface area contributed by atoms with Gasteiger partial charge < -0.3 is 5.11 Å². The monoisotopic (exact) mass is 101 g/mol. The molecule has 0 aliphatic rings. The lowest BCUT2D eigenvalue weighted by Gasteiger charge is -2.03. The molecule has 0 heterocycles. The smallest absolute Gasteiger partial charge is 0.0829 e. The molecule has 0 saturated heterocycles. The van der Waals surface area contributed by atoms with Gasteiger partial charge in [-0.25, -0.2) is 0 Å². The maximum Gasteiger partial charge on any atom is 0.0829 e. The van der Waals surface area contributed by atoms with Crippen LogP contribution in [-0.4, -0.2) is 5.11 Å². The predicted octanol–water partition coefficient (Wildman–Crippen LogP) is 1.96. The first-order valence-corrected chi connectivity index (χ1v) is 2.82. The van der Waals surface area contributed by atoms with E-state index in [1.165, 1.54) is 6.61 Å². The number of aliphatic hydroxyl groups excluding tert-OH is 1. The van der Waals surface area contributed by atoms with E-state index >= 15 is 0 Å². The molecule has 0 aromatic heterocycles. The van der Waals surface area contributed by atoms with Crippen LogP contribution in [0, 0.1) is 12.5 Å². The lowest BCUT2D eigenvalue weighted by Crippen LogP contribution is -1.94. The van der Waals surface area contributed by atoms with Crippen LogP contribution in [0.2, 0.25) is 0 Å². The summed E-state index contributed by atoms with van der Waals surface area (Å²) in [5, 5.41) is 8.40. The molecule has 1 N–H and O–H groups in total. The maximum atomic E-state index is 8.40. The van der Waals surface area contributed by atoms with Crippen molar-refractivity contribution in [1.82, 2.24) is 0 Å². The zero-order valence-corrected chi connectivity index (χ0v) is 5.02. The van der Waals surface area contributed by atoms with Crippen molar-refractivity contribution in [3.8, 4) is 0 Å². The first-order chi connectivity index (χ1) is 3.35. The third-order valence-corrected chi connectivity index (χ3v) is 1.26. The van der Waals surface area contributed by atoms with Crippen LogP contribution < -0.4 is 0 Å². The Kier molecular flexibility index (Phi) is 4.10. The van der Waals surface area contributed by atoms with Gasteiger partial charge in [-0.3, -0.25) is 0 Å². The third-order valence-electron chi connectivity index (χ3n) is 1.26. The summed E-state index contributed by atoms with van der Waals surface area (Å²) >= 11 is 0. The Morgan fingerprint density at radius 3 is 1.86 bits per heavy atom. The molecule has 1 nitrogen and oxygen atoms in total. The maximum absolute atomic E-state index is 8.40. The summed E-state index contributed by atoms with van der Waals surface area (Å²) in [6, 6.07) is 0. The highest BCUT2D eigenvalue weighted by Crippen LogP contribution is 2.07. The molecule has 0 spiro atoms. The minimum atomic E-state index is 0.417. The number of hydrogen-bond acceptors (Lipinski definition) is 1. The van der Waals surface area contributed by atoms with Gasteiger partial charge in [0.2, 0.25) is 0 Å². The molecule has 0 unspecified atom stereocenters. The summed E-state index contributed by atoms with van der Waals surface area (Å²) in [5.41, 5.74) is 0. The number of rotatable bonds is 3. The quantitative estimate of drug-likeness (QED) is 0.576. The first kappa shape index (κ1) is 6.96. The Labute approximate surface area is 45.4 Å². The Morgan fingerprint density at radius 2 is 1.86 bits per heavy atom. The Hall–Kier alpha value is -0.0400. The molecule has 0 saturated carbocycles. The largest absolute Gasteiger partial charge is 0.390 e. The molecule has 1 radical (unpaired) electrons. The number of aliphatic hydroxyl groups is 1. The Morgan fingerprint density at radius 1 is 1.43 bits per heavy atom. The lowest BCUT2D eigenvalue weighted by molar-refractivity contribution is 0.304. The summed E-state index contributed by atoms with van der Waals surface area (Å²) in [7, 11) is 0. The molecular weight excluding hydrogens is 88.1 g/mol. The van der Waals surface area contributed by atoms with Crippen LogP contribution in [0.15, 0.2) is 0 Å². The van der Waals surface area contributed by atoms with Crippen LogP contribution in [0.4, 0.5) is 0 Å². The Bertz CT molecular complexity index is 25.7. The average molecular weight is 101 g/mol. The van der Waals surface area contributed by atoms with Gasteiger partial charge >= 0.3 is 0 Å². The molecule has 0 fully saturated rings. The fourth-order valence-electron chi connectivity index (χ4n) is 0.499. The fraction of sp³-hybridized carbons (Fsp3) is 0.833. The second-order valence-corrected chi connectivity index (χ2v) is 1.73. The Balaban J connectivity index is 2.99. The van der Waals surface area contributed by atoms with Crippen LogP contribution in [-0.2, 0) is 0 Å². The molecular formula is C6H13O. The van der Waals surface area contributed by atoms with Gasteiger partial charge in [0.05, 0.1) is 6.61 Å². The minimum Gasteiger partial charge on any atom is -0.390 e. The summed E-state index contributed by atoms with van der Waals surface area (Å²) in [5.74, 6) is 0.417. The first-order valence-electron chi connectivity index (χ1n) is 2.82. The van der Waals surface area contributed by atoms with Crippen LogP contribution in [0.3, 0.4) is 0 Å². The summed E-state index contributed by atoms with van der Waals surface area (Å²) in [6.45, 7) is 5.42. The standard InChI is InChI=1S/C6H13O/c1-3-6(4-2)5-7/h5-7H,3-4H2,1-2H3. The van der Waals surface area contributed by atoms with E-state index in [-0.39, 0.29) is 0 Å². The summed E-state index contributed by atoms with van der Waals surface area (Å²) in [6.07, 6.45) is 2.10. The van der Waals surface area contributed by atoms with Crippen molar-refractivity contribution in [1.29, 1.82) is 0 Å². The van der Waals surface area contributed by atoms with E-state index in [1.807, 2.05) is 0 Å². The zero-order chi connectivity index (χ0) is 5.70. The van der Waals surface area contributed by atoms with Crippen molar-refractivity contribution in [2.75, 3.05) is 0 Å². The molecule has 0 aromatic carbocycles. The summed E-state index contributed by atoms with van der Waals surface area (Å²) in [4.78, 5) is 0. The molecule has 0 amide bonds. The van der Waals surface area contributed by atoms with E-state index < -0.39 is 0 Å². The van der Waals surface area contributed by atoms with Gasteiger partial charge in [0.15, 0.2) is 0 Å². The molecule has 1 heteroatoms. The molecule has 7 heavy (non-hydrogen) atoms. The average Bonchev–Trinajstić information content (AvgIpc) is 1.72. The van der Waals surface area contributed by atoms with Crippen molar-refractivity contribution in [2.45, 2.75) is 26.7 Å². The van der Waals surface area contributed by atoms with Gasteiger partial charge in [-0.2, -0.15) is 0 Å². The molecule has 0 atom stereocenters. The van der Waals surface area contributed by atoms with Crippen LogP contribution in [0.25, 0.3) is 0 Å². The van der Waals surface area contributed by atoms with E-state index in [1.54, 1.807) is 0 Å². The van der Waals surface area contributed by atoms with Gasteiger partial charge in [-0.15, -0.1) is 0 Å². The molecule has 0 aromatic rings. The van der Waals surface area contributed by atoms with Gasteiger partial charge in [-0.1, -0.05) is 26.7 Å². The van der Waals surface area contributed by atoms with Gasteiger partial charge in [0.1, 0.15) is 0 Å². The highest BCUT2D eigenvalue weighted by Gasteiger charge is 1.98. The second-order valence-electron chi connectivity index (χ2n) is 1.73. The van der Waals surface area contributed by atoms with Crippen LogP contribution in [0.1, 0.15) is 26.7 Å². The normalized spacial score (nSPS) is 10.3. The third kappa shape index (κ3) is 2.63. The van der Waals surface area contributed by atoms with E-state index in [0.29, 0.717) is 5.92 Å². The SMILES string of the molecule is CCC([CH]O)CC. The number of hydrogen-bond donors (Lipinski definition) is 1. The fourth-order valence-corrected chi connectivity index (χ4v) is 0.499. The lowest BCUT2D eigenvalue weighted by atomic mass is 10.1. The van der Waals surface area contributed by atoms with Gasteiger partial charge in [0, 0.05) is 0 Å². The van der Waals surface area contributed by atoms with Gasteiger partial charge in [-0.05, 0) is 5.92 Å². The zero-order valence-electron chi connectivity index (χ0n) is 5.02. The molecule has 0 aliphatic carbocycles. The van der Waals surface area contributed by atoms with E-state index in [0.717, 1.165) is 12.8 Å². The topological polar surface area (TPSA) is 20.2 Å². The van der Waals surface area contributed by atoms with Crippen molar-refractivity contribution in [2.24, 2.45) is 5.92 Å². The summed E-state index contributed by atoms with van der Waals surface area (Å²) < 4.78 is 0. The highest BCUT2D eigenvalue weighted by atomic mass is 16.3. The highest BCUT2D eigenvalue weighted by molar-refractivity contribution is 4.60. The van der Waals surface area contributed by atoms with E-state index in [9.17, 15) is 0 Å². The second kappa shape index (κ2) is 4.13. The van der Waals surface area contributed by atoms with E-state index in [2.05, 4.69) is 13.8 Å². The van der Waals surface area contributed by atoms with Crippen molar-refractivity contribution in [3.63, 3.8) is 0 Å². The molecule has 0 aliphatic heterocycles. The van der Waals surface area contributed by atoms with Crippen LogP contribution >= 0.6 is 0 Å². The van der Waals surface area contributed by atoms with Crippen LogP contribution in [0.5, 0.6) is 0 Å². The molecule has 43 valence electrons. The van der Waals surface area contributed by atoms with Crippen molar-refractivity contribution in [3.05, 3.63) is 6.61 Å².